The number of hydrogen-bond acceptors (Lipinski definition) is 1. The molecule has 0 aromatic carbocycles. The fraction of sp³-hybridized carbons (Fsp3) is 0.333. The Morgan fingerprint density at radius 2 is 1.75 bits per heavy atom. The van der Waals surface area contributed by atoms with Gasteiger partial charge in [-0.2, -0.15) is 0 Å². The summed E-state index contributed by atoms with van der Waals surface area (Å²) in [5, 5.41) is 10.0. The van der Waals surface area contributed by atoms with E-state index in [4.69, 9.17) is 0 Å². The molecule has 1 rings (SSSR count). The maximum Gasteiger partial charge on any atom is 1.00 e. The van der Waals surface area contributed by atoms with Gasteiger partial charge < -0.3 is 5.11 Å². The molecule has 1 aliphatic rings. The molecule has 0 atom stereocenters. The van der Waals surface area contributed by atoms with Crippen LogP contribution in [0.15, 0.2) is 24.3 Å². The molecule has 0 N–H and O–H groups in total. The summed E-state index contributed by atoms with van der Waals surface area (Å²) in [6, 6.07) is 0. The van der Waals surface area contributed by atoms with Gasteiger partial charge in [0.15, 0.2) is 0 Å². The molecule has 38 valence electrons. The van der Waals surface area contributed by atoms with Gasteiger partial charge in [-0.05, 0) is 5.92 Å². The van der Waals surface area contributed by atoms with Crippen LogP contribution in [0.1, 0.15) is 0 Å². The SMILES string of the molecule is [Na+].[O-]CC1C=CC=C1. The molecule has 0 saturated carbocycles. The molecule has 0 radical (unpaired) electrons. The molecule has 0 unspecified atom stereocenters. The average molecular weight is 118 g/mol. The van der Waals surface area contributed by atoms with Gasteiger partial charge in [-0.25, -0.2) is 0 Å². The second-order valence-corrected chi connectivity index (χ2v) is 1.60. The number of hydrogen-bond donors (Lipinski definition) is 0. The summed E-state index contributed by atoms with van der Waals surface area (Å²) < 4.78 is 0. The Balaban J connectivity index is 0.000000490. The van der Waals surface area contributed by atoms with Crippen molar-refractivity contribution in [3.63, 3.8) is 0 Å². The van der Waals surface area contributed by atoms with E-state index in [0.29, 0.717) is 0 Å². The Bertz CT molecular complexity index is 95.1. The maximum absolute atomic E-state index is 10.0. The largest absolute Gasteiger partial charge is 1.00 e. The first kappa shape index (κ1) is 8.44. The third-order valence-corrected chi connectivity index (χ3v) is 1.02. The summed E-state index contributed by atoms with van der Waals surface area (Å²) >= 11 is 0. The van der Waals surface area contributed by atoms with Crippen LogP contribution in [-0.4, -0.2) is 6.61 Å². The van der Waals surface area contributed by atoms with Gasteiger partial charge in [0, 0.05) is 0 Å². The normalized spacial score (nSPS) is 16.6. The van der Waals surface area contributed by atoms with Crippen molar-refractivity contribution in [3.8, 4) is 0 Å². The fourth-order valence-corrected chi connectivity index (χ4v) is 0.589. The van der Waals surface area contributed by atoms with E-state index in [9.17, 15) is 5.11 Å². The van der Waals surface area contributed by atoms with Gasteiger partial charge in [-0.3, -0.25) is 0 Å². The van der Waals surface area contributed by atoms with Gasteiger partial charge in [-0.1, -0.05) is 24.3 Å². The summed E-state index contributed by atoms with van der Waals surface area (Å²) in [4.78, 5) is 0. The van der Waals surface area contributed by atoms with Crippen LogP contribution in [0, 0.1) is 5.92 Å². The van der Waals surface area contributed by atoms with Crippen molar-refractivity contribution in [2.24, 2.45) is 5.92 Å². The third-order valence-electron chi connectivity index (χ3n) is 1.02. The van der Waals surface area contributed by atoms with Gasteiger partial charge in [0.05, 0.1) is 0 Å². The molecule has 2 heteroatoms. The molecular formula is C6H7NaO. The van der Waals surface area contributed by atoms with Crippen molar-refractivity contribution >= 4 is 0 Å². The van der Waals surface area contributed by atoms with Gasteiger partial charge in [0.25, 0.3) is 0 Å². The van der Waals surface area contributed by atoms with Crippen LogP contribution in [0.3, 0.4) is 0 Å². The Morgan fingerprint density at radius 1 is 1.25 bits per heavy atom. The maximum atomic E-state index is 10.0. The first-order valence-electron chi connectivity index (χ1n) is 2.36. The van der Waals surface area contributed by atoms with E-state index in [0.717, 1.165) is 0 Å². The monoisotopic (exact) mass is 118 g/mol. The molecule has 1 nitrogen and oxygen atoms in total. The third kappa shape index (κ3) is 2.14. The molecule has 1 aliphatic carbocycles. The van der Waals surface area contributed by atoms with Crippen molar-refractivity contribution in [1.82, 2.24) is 0 Å². The van der Waals surface area contributed by atoms with Crippen LogP contribution < -0.4 is 34.7 Å². The molecule has 0 amide bonds. The zero-order valence-electron chi connectivity index (χ0n) is 5.00. The van der Waals surface area contributed by atoms with Crippen LogP contribution >= 0.6 is 0 Å². The Kier molecular flexibility index (Phi) is 4.57. The second kappa shape index (κ2) is 4.33. The molecule has 0 heterocycles. The van der Waals surface area contributed by atoms with Gasteiger partial charge in [0.2, 0.25) is 0 Å². The standard InChI is InChI=1S/C6H7O.Na/c7-5-6-3-1-2-4-6;/h1-4,6H,5H2;/q-1;+1. The van der Waals surface area contributed by atoms with E-state index in [1.54, 1.807) is 0 Å². The molecule has 0 aromatic rings. The van der Waals surface area contributed by atoms with Crippen molar-refractivity contribution in [2.75, 3.05) is 6.61 Å². The Morgan fingerprint density at radius 3 is 2.00 bits per heavy atom. The minimum Gasteiger partial charge on any atom is -0.854 e. The first-order chi connectivity index (χ1) is 3.43. The van der Waals surface area contributed by atoms with E-state index in [1.807, 2.05) is 24.3 Å². The zero-order valence-corrected chi connectivity index (χ0v) is 7.00. The van der Waals surface area contributed by atoms with Crippen molar-refractivity contribution in [1.29, 1.82) is 0 Å². The van der Waals surface area contributed by atoms with E-state index < -0.39 is 0 Å². The molecule has 8 heavy (non-hydrogen) atoms. The van der Waals surface area contributed by atoms with Gasteiger partial charge in [0.1, 0.15) is 0 Å². The second-order valence-electron chi connectivity index (χ2n) is 1.60. The zero-order chi connectivity index (χ0) is 5.11. The fourth-order valence-electron chi connectivity index (χ4n) is 0.589. The van der Waals surface area contributed by atoms with E-state index in [2.05, 4.69) is 0 Å². The Labute approximate surface area is 71.4 Å². The number of rotatable bonds is 1. The molecule has 0 aliphatic heterocycles. The van der Waals surface area contributed by atoms with E-state index in [1.165, 1.54) is 0 Å². The van der Waals surface area contributed by atoms with Crippen LogP contribution in [0.4, 0.5) is 0 Å². The van der Waals surface area contributed by atoms with E-state index >= 15 is 0 Å². The van der Waals surface area contributed by atoms with Crippen LogP contribution in [0.2, 0.25) is 0 Å². The molecule has 0 fully saturated rings. The molecular weight excluding hydrogens is 111 g/mol. The molecule has 0 spiro atoms. The minimum absolute atomic E-state index is 0. The first-order valence-corrected chi connectivity index (χ1v) is 2.36. The predicted octanol–water partition coefficient (Wildman–Crippen LogP) is -2.91. The average Bonchev–Trinajstić information content (AvgIpc) is 2.14. The van der Waals surface area contributed by atoms with Crippen molar-refractivity contribution in [2.45, 2.75) is 0 Å². The number of allylic oxidation sites excluding steroid dienone is 2. The smallest absolute Gasteiger partial charge is 0.854 e. The predicted molar refractivity (Wildman–Crippen MR) is 26.6 cm³/mol. The minimum atomic E-state index is -0.00694. The Hall–Kier alpha value is 0.440. The van der Waals surface area contributed by atoms with E-state index in [-0.39, 0.29) is 42.1 Å². The summed E-state index contributed by atoms with van der Waals surface area (Å²) in [5.41, 5.74) is 0. The van der Waals surface area contributed by atoms with Gasteiger partial charge in [-0.15, -0.1) is 6.61 Å². The molecule has 0 bridgehead atoms. The molecule has 0 saturated heterocycles. The van der Waals surface area contributed by atoms with Crippen LogP contribution in [0.25, 0.3) is 0 Å². The van der Waals surface area contributed by atoms with Gasteiger partial charge >= 0.3 is 29.6 Å². The summed E-state index contributed by atoms with van der Waals surface area (Å²) in [6.07, 6.45) is 7.63. The topological polar surface area (TPSA) is 23.1 Å². The van der Waals surface area contributed by atoms with Crippen molar-refractivity contribution < 1.29 is 34.7 Å². The summed E-state index contributed by atoms with van der Waals surface area (Å²) in [6.45, 7) is -0.00694. The summed E-state index contributed by atoms with van der Waals surface area (Å²) in [5.74, 6) is 0.181. The van der Waals surface area contributed by atoms with Crippen LogP contribution in [0.5, 0.6) is 0 Å². The molecule has 0 aromatic heterocycles. The van der Waals surface area contributed by atoms with Crippen LogP contribution in [-0.2, 0) is 0 Å². The quantitative estimate of drug-likeness (QED) is 0.338. The van der Waals surface area contributed by atoms with Crippen molar-refractivity contribution in [3.05, 3.63) is 24.3 Å². The summed E-state index contributed by atoms with van der Waals surface area (Å²) in [7, 11) is 0.